The standard InChI is InChI=1S/C51H54OSi/c1-9-27-52-50-46(37-17-13-12-14-18-37)28-34(4)29-49(50)53(7,8)51-47-32-42(40-21-15-19-38(30-40)35(5)10-2)23-25-44(47)45-26-24-43(33-48(45)51)41-22-16-20-39(31-41)36(6)11-3/h9,12-26,28-33,35-36,51H,1,10-11,27H2,2-8H3. The van der Waals surface area contributed by atoms with E-state index in [-0.39, 0.29) is 5.54 Å². The molecule has 2 heteroatoms. The first-order valence-corrected chi connectivity index (χ1v) is 22.6. The second-order valence-corrected chi connectivity index (χ2v) is 20.3. The molecule has 0 amide bonds. The normalized spacial score (nSPS) is 14.7. The fourth-order valence-corrected chi connectivity index (χ4v) is 12.2. The van der Waals surface area contributed by atoms with Crippen molar-refractivity contribution in [1.29, 1.82) is 0 Å². The van der Waals surface area contributed by atoms with Crippen molar-refractivity contribution in [1.82, 2.24) is 0 Å². The molecule has 1 nitrogen and oxygen atoms in total. The van der Waals surface area contributed by atoms with Gasteiger partial charge in [0, 0.05) is 11.1 Å². The lowest BCUT2D eigenvalue weighted by Gasteiger charge is -2.34. The zero-order chi connectivity index (χ0) is 37.3. The Bertz CT molecular complexity index is 2160. The first-order valence-electron chi connectivity index (χ1n) is 19.6. The van der Waals surface area contributed by atoms with Crippen molar-refractivity contribution in [3.05, 3.63) is 168 Å². The van der Waals surface area contributed by atoms with Gasteiger partial charge in [0.2, 0.25) is 0 Å². The Morgan fingerprint density at radius 1 is 0.604 bits per heavy atom. The van der Waals surface area contributed by atoms with Crippen LogP contribution in [0.2, 0.25) is 13.1 Å². The van der Waals surface area contributed by atoms with Gasteiger partial charge in [-0.15, -0.1) is 0 Å². The first kappa shape index (κ1) is 36.4. The van der Waals surface area contributed by atoms with Gasteiger partial charge in [-0.25, -0.2) is 0 Å². The smallest absolute Gasteiger partial charge is 0.126 e. The second kappa shape index (κ2) is 15.2. The lowest BCUT2D eigenvalue weighted by atomic mass is 9.93. The van der Waals surface area contributed by atoms with E-state index in [0.717, 1.165) is 24.2 Å². The molecule has 2 unspecified atom stereocenters. The summed E-state index contributed by atoms with van der Waals surface area (Å²) in [5, 5.41) is 1.36. The molecule has 1 aliphatic carbocycles. The zero-order valence-corrected chi connectivity index (χ0v) is 33.7. The number of fused-ring (bicyclic) bond motifs is 3. The van der Waals surface area contributed by atoms with Crippen LogP contribution in [-0.2, 0) is 0 Å². The number of benzene rings is 6. The minimum atomic E-state index is -2.42. The van der Waals surface area contributed by atoms with Gasteiger partial charge in [0.25, 0.3) is 0 Å². The van der Waals surface area contributed by atoms with Crippen LogP contribution >= 0.6 is 0 Å². The molecule has 6 aromatic rings. The summed E-state index contributed by atoms with van der Waals surface area (Å²) in [5.41, 5.74) is 17.4. The van der Waals surface area contributed by atoms with Gasteiger partial charge in [0.15, 0.2) is 0 Å². The Morgan fingerprint density at radius 2 is 1.11 bits per heavy atom. The van der Waals surface area contributed by atoms with Crippen LogP contribution in [0.4, 0.5) is 0 Å². The zero-order valence-electron chi connectivity index (χ0n) is 32.7. The molecule has 0 aliphatic heterocycles. The van der Waals surface area contributed by atoms with Gasteiger partial charge in [-0.3, -0.25) is 0 Å². The quantitative estimate of drug-likeness (QED) is 0.0907. The second-order valence-electron chi connectivity index (χ2n) is 15.8. The van der Waals surface area contributed by atoms with Gasteiger partial charge >= 0.3 is 0 Å². The van der Waals surface area contributed by atoms with Crippen molar-refractivity contribution in [2.75, 3.05) is 6.61 Å². The molecular formula is C51H54OSi. The predicted molar refractivity (Wildman–Crippen MR) is 231 cm³/mol. The maximum absolute atomic E-state index is 6.74. The number of aryl methyl sites for hydroxylation is 1. The summed E-state index contributed by atoms with van der Waals surface area (Å²) in [4.78, 5) is 0. The molecule has 6 aromatic carbocycles. The Kier molecular flexibility index (Phi) is 10.5. The Balaban J connectivity index is 1.45. The highest BCUT2D eigenvalue weighted by atomic mass is 28.3. The van der Waals surface area contributed by atoms with Crippen molar-refractivity contribution in [2.24, 2.45) is 0 Å². The number of ether oxygens (including phenoxy) is 1. The van der Waals surface area contributed by atoms with E-state index in [2.05, 4.69) is 182 Å². The van der Waals surface area contributed by atoms with Crippen LogP contribution in [0.25, 0.3) is 44.5 Å². The highest BCUT2D eigenvalue weighted by molar-refractivity contribution is 6.92. The minimum absolute atomic E-state index is 0.222. The van der Waals surface area contributed by atoms with Gasteiger partial charge < -0.3 is 4.74 Å². The molecule has 2 atom stereocenters. The van der Waals surface area contributed by atoms with Crippen molar-refractivity contribution in [3.63, 3.8) is 0 Å². The van der Waals surface area contributed by atoms with E-state index >= 15 is 0 Å². The first-order chi connectivity index (χ1) is 25.6. The van der Waals surface area contributed by atoms with Crippen LogP contribution in [-0.4, -0.2) is 14.7 Å². The van der Waals surface area contributed by atoms with Crippen LogP contribution in [0.1, 0.15) is 85.7 Å². The minimum Gasteiger partial charge on any atom is -0.489 e. The fourth-order valence-electron chi connectivity index (χ4n) is 8.46. The third kappa shape index (κ3) is 6.98. The van der Waals surface area contributed by atoms with Gasteiger partial charge in [-0.1, -0.05) is 180 Å². The molecule has 0 N–H and O–H groups in total. The molecule has 0 heterocycles. The lowest BCUT2D eigenvalue weighted by molar-refractivity contribution is 0.367. The Hall–Kier alpha value is -4.92. The molecule has 0 fully saturated rings. The third-order valence-electron chi connectivity index (χ3n) is 11.9. The van der Waals surface area contributed by atoms with E-state index in [1.54, 1.807) is 0 Å². The molecule has 0 saturated carbocycles. The van der Waals surface area contributed by atoms with Crippen molar-refractivity contribution in [3.8, 4) is 50.3 Å². The monoisotopic (exact) mass is 710 g/mol. The molecule has 0 bridgehead atoms. The summed E-state index contributed by atoms with van der Waals surface area (Å²) in [5.74, 6) is 2.06. The van der Waals surface area contributed by atoms with Crippen LogP contribution in [0.15, 0.2) is 140 Å². The van der Waals surface area contributed by atoms with E-state index in [9.17, 15) is 0 Å². The maximum atomic E-state index is 6.74. The van der Waals surface area contributed by atoms with Crippen LogP contribution in [0.5, 0.6) is 5.75 Å². The van der Waals surface area contributed by atoms with E-state index in [1.165, 1.54) is 71.9 Å². The third-order valence-corrected chi connectivity index (χ3v) is 15.7. The molecule has 0 radical (unpaired) electrons. The molecule has 7 rings (SSSR count). The topological polar surface area (TPSA) is 9.23 Å². The van der Waals surface area contributed by atoms with E-state index in [4.69, 9.17) is 4.74 Å². The van der Waals surface area contributed by atoms with Gasteiger partial charge in [-0.05, 0) is 104 Å². The number of rotatable bonds is 12. The predicted octanol–water partition coefficient (Wildman–Crippen LogP) is 13.9. The molecule has 268 valence electrons. The van der Waals surface area contributed by atoms with E-state index in [1.807, 2.05) is 6.08 Å². The number of hydrogen-bond acceptors (Lipinski definition) is 1. The largest absolute Gasteiger partial charge is 0.489 e. The molecule has 1 aliphatic rings. The summed E-state index contributed by atoms with van der Waals surface area (Å²) in [6, 6.07) is 48.4. The summed E-state index contributed by atoms with van der Waals surface area (Å²) < 4.78 is 6.74. The molecule has 0 saturated heterocycles. The van der Waals surface area contributed by atoms with E-state index in [0.29, 0.717) is 18.4 Å². The average molecular weight is 711 g/mol. The highest BCUT2D eigenvalue weighted by Crippen LogP contribution is 2.52. The Labute approximate surface area is 319 Å². The van der Waals surface area contributed by atoms with Crippen molar-refractivity contribution < 1.29 is 4.74 Å². The number of hydrogen-bond donors (Lipinski definition) is 0. The lowest BCUT2D eigenvalue weighted by Crippen LogP contribution is -2.48. The highest BCUT2D eigenvalue weighted by Gasteiger charge is 2.44. The SMILES string of the molecule is C=CCOc1c(-c2ccccc2)cc(C)cc1[Si](C)(C)C1c2cc(-c3cccc(C(C)CC)c3)ccc2-c2ccc(-c3cccc(C(C)CC)c3)cc21. The summed E-state index contributed by atoms with van der Waals surface area (Å²) in [6.07, 6.45) is 4.13. The van der Waals surface area contributed by atoms with Crippen LogP contribution in [0.3, 0.4) is 0 Å². The van der Waals surface area contributed by atoms with Gasteiger partial charge in [-0.2, -0.15) is 0 Å². The van der Waals surface area contributed by atoms with E-state index < -0.39 is 8.07 Å². The molecule has 53 heavy (non-hydrogen) atoms. The molecule has 0 spiro atoms. The van der Waals surface area contributed by atoms with Crippen molar-refractivity contribution >= 4 is 13.3 Å². The summed E-state index contributed by atoms with van der Waals surface area (Å²) in [6.45, 7) is 21.1. The van der Waals surface area contributed by atoms with Crippen LogP contribution in [0, 0.1) is 6.92 Å². The summed E-state index contributed by atoms with van der Waals surface area (Å²) >= 11 is 0. The Morgan fingerprint density at radius 3 is 1.62 bits per heavy atom. The van der Waals surface area contributed by atoms with Gasteiger partial charge in [0.1, 0.15) is 12.4 Å². The van der Waals surface area contributed by atoms with Gasteiger partial charge in [0.05, 0.1) is 8.07 Å². The molecule has 0 aromatic heterocycles. The fraction of sp³-hybridized carbons (Fsp3) is 0.255. The average Bonchev–Trinajstić information content (AvgIpc) is 3.53. The summed E-state index contributed by atoms with van der Waals surface area (Å²) in [7, 11) is -2.42. The van der Waals surface area contributed by atoms with Crippen LogP contribution < -0.4 is 9.92 Å². The maximum Gasteiger partial charge on any atom is 0.126 e. The molecular weight excluding hydrogens is 657 g/mol. The van der Waals surface area contributed by atoms with Crippen molar-refractivity contribution in [2.45, 2.75) is 77.9 Å².